The van der Waals surface area contributed by atoms with Gasteiger partial charge in [0, 0.05) is 30.6 Å². The highest BCUT2D eigenvalue weighted by Crippen LogP contribution is 2.19. The molecule has 1 aromatic carbocycles. The molecular weight excluding hydrogens is 292 g/mol. The van der Waals surface area contributed by atoms with Crippen molar-refractivity contribution in [1.82, 2.24) is 9.88 Å². The van der Waals surface area contributed by atoms with E-state index in [0.717, 1.165) is 16.5 Å². The molecule has 0 aliphatic rings. The molecule has 2 aromatic heterocycles. The van der Waals surface area contributed by atoms with Crippen LogP contribution in [0.4, 0.5) is 0 Å². The third kappa shape index (κ3) is 2.90. The predicted molar refractivity (Wildman–Crippen MR) is 88.5 cm³/mol. The summed E-state index contributed by atoms with van der Waals surface area (Å²) in [7, 11) is 1.72. The molecule has 3 rings (SSSR count). The summed E-state index contributed by atoms with van der Waals surface area (Å²) in [5.74, 6) is 1.19. The molecule has 0 aliphatic carbocycles. The van der Waals surface area contributed by atoms with Crippen LogP contribution in [0.3, 0.4) is 0 Å². The lowest BCUT2D eigenvalue weighted by Gasteiger charge is -2.18. The Morgan fingerprint density at radius 1 is 1.22 bits per heavy atom. The Labute approximate surface area is 133 Å². The van der Waals surface area contributed by atoms with Crippen LogP contribution in [-0.2, 0) is 6.54 Å². The number of nitrogens with zero attached hydrogens (tertiary/aromatic N) is 1. The van der Waals surface area contributed by atoms with Crippen LogP contribution in [0, 0.1) is 13.8 Å². The number of fused-ring (bicyclic) bond motifs is 1. The van der Waals surface area contributed by atoms with Crippen molar-refractivity contribution in [3.63, 3.8) is 0 Å². The number of aryl methyl sites for hydroxylation is 2. The summed E-state index contributed by atoms with van der Waals surface area (Å²) >= 11 is 0. The molecule has 0 unspecified atom stereocenters. The number of amides is 1. The van der Waals surface area contributed by atoms with E-state index < -0.39 is 0 Å². The van der Waals surface area contributed by atoms with Crippen LogP contribution in [0.1, 0.15) is 27.4 Å². The van der Waals surface area contributed by atoms with Crippen LogP contribution in [0.5, 0.6) is 0 Å². The first kappa shape index (κ1) is 15.1. The second-order valence-electron chi connectivity index (χ2n) is 5.69. The van der Waals surface area contributed by atoms with Crippen molar-refractivity contribution in [2.45, 2.75) is 20.4 Å². The number of pyridine rings is 1. The molecule has 5 heteroatoms. The van der Waals surface area contributed by atoms with Gasteiger partial charge in [0.05, 0.1) is 5.56 Å². The predicted octanol–water partition coefficient (Wildman–Crippen LogP) is 3.01. The number of para-hydroxylation sites is 1. The van der Waals surface area contributed by atoms with E-state index >= 15 is 0 Å². The van der Waals surface area contributed by atoms with Gasteiger partial charge in [-0.3, -0.25) is 9.59 Å². The zero-order valence-corrected chi connectivity index (χ0v) is 13.3. The molecule has 1 amide bonds. The Balaban J connectivity index is 1.94. The molecule has 5 nitrogen and oxygen atoms in total. The van der Waals surface area contributed by atoms with Crippen LogP contribution in [0.25, 0.3) is 10.9 Å². The summed E-state index contributed by atoms with van der Waals surface area (Å²) in [5.41, 5.74) is 1.97. The monoisotopic (exact) mass is 310 g/mol. The van der Waals surface area contributed by atoms with Crippen LogP contribution < -0.4 is 5.56 Å². The number of rotatable bonds is 3. The average molecular weight is 310 g/mol. The molecule has 0 spiro atoms. The molecule has 23 heavy (non-hydrogen) atoms. The van der Waals surface area contributed by atoms with Crippen molar-refractivity contribution in [2.24, 2.45) is 0 Å². The minimum atomic E-state index is -0.171. The Hall–Kier alpha value is -2.82. The Kier molecular flexibility index (Phi) is 3.78. The number of carbonyl (C=O) groups is 1. The maximum Gasteiger partial charge on any atom is 0.257 e. The molecular formula is C18H18N2O3. The lowest BCUT2D eigenvalue weighted by Crippen LogP contribution is -2.27. The molecule has 118 valence electrons. The van der Waals surface area contributed by atoms with E-state index in [1.165, 1.54) is 0 Å². The molecule has 3 aromatic rings. The molecule has 0 aliphatic heterocycles. The third-order valence-corrected chi connectivity index (χ3v) is 3.86. The van der Waals surface area contributed by atoms with Gasteiger partial charge in [-0.15, -0.1) is 0 Å². The number of hydrogen-bond acceptors (Lipinski definition) is 3. The van der Waals surface area contributed by atoms with Gasteiger partial charge in [-0.05, 0) is 31.5 Å². The van der Waals surface area contributed by atoms with Crippen LogP contribution in [0.15, 0.2) is 45.6 Å². The number of hydrogen-bond donors (Lipinski definition) is 1. The highest BCUT2D eigenvalue weighted by atomic mass is 16.3. The number of H-pyrrole nitrogens is 1. The number of aromatic amines is 1. The van der Waals surface area contributed by atoms with Gasteiger partial charge in [-0.25, -0.2) is 0 Å². The minimum absolute atomic E-state index is 0.122. The number of nitrogens with one attached hydrogen (secondary N) is 1. The maximum absolute atomic E-state index is 12.6. The fraction of sp³-hybridized carbons (Fsp3) is 0.222. The van der Waals surface area contributed by atoms with Crippen molar-refractivity contribution in [2.75, 3.05) is 7.05 Å². The van der Waals surface area contributed by atoms with E-state index in [2.05, 4.69) is 4.98 Å². The van der Waals surface area contributed by atoms with Gasteiger partial charge in [0.25, 0.3) is 5.91 Å². The second-order valence-corrected chi connectivity index (χ2v) is 5.69. The summed E-state index contributed by atoms with van der Waals surface area (Å²) < 4.78 is 5.42. The van der Waals surface area contributed by atoms with E-state index in [9.17, 15) is 9.59 Å². The number of aromatic nitrogens is 1. The standard InChI is InChI=1S/C18H18N2O3/c1-11-8-15(12(2)23-11)18(22)20(3)10-13-9-17(21)19-16-7-5-4-6-14(13)16/h4-9H,10H2,1-3H3,(H,19,21). The van der Waals surface area contributed by atoms with Gasteiger partial charge in [0.15, 0.2) is 0 Å². The molecule has 0 fully saturated rings. The number of carbonyl (C=O) groups excluding carboxylic acids is 1. The molecule has 0 saturated heterocycles. The van der Waals surface area contributed by atoms with Crippen molar-refractivity contribution < 1.29 is 9.21 Å². The topological polar surface area (TPSA) is 66.3 Å². The van der Waals surface area contributed by atoms with Gasteiger partial charge in [-0.2, -0.15) is 0 Å². The lowest BCUT2D eigenvalue weighted by molar-refractivity contribution is 0.0784. The third-order valence-electron chi connectivity index (χ3n) is 3.86. The van der Waals surface area contributed by atoms with Gasteiger partial charge < -0.3 is 14.3 Å². The van der Waals surface area contributed by atoms with E-state index in [1.54, 1.807) is 31.0 Å². The van der Waals surface area contributed by atoms with E-state index in [-0.39, 0.29) is 11.5 Å². The van der Waals surface area contributed by atoms with Gasteiger partial charge in [0.1, 0.15) is 11.5 Å². The Morgan fingerprint density at radius 2 is 1.96 bits per heavy atom. The zero-order chi connectivity index (χ0) is 16.6. The first-order chi connectivity index (χ1) is 11.0. The van der Waals surface area contributed by atoms with Gasteiger partial charge in [-0.1, -0.05) is 18.2 Å². The zero-order valence-electron chi connectivity index (χ0n) is 13.3. The summed E-state index contributed by atoms with van der Waals surface area (Å²) in [6.45, 7) is 3.94. The van der Waals surface area contributed by atoms with E-state index in [4.69, 9.17) is 4.42 Å². The minimum Gasteiger partial charge on any atom is -0.466 e. The van der Waals surface area contributed by atoms with Crippen molar-refractivity contribution in [3.05, 3.63) is 69.4 Å². The summed E-state index contributed by atoms with van der Waals surface area (Å²) in [5, 5.41) is 0.937. The maximum atomic E-state index is 12.6. The largest absolute Gasteiger partial charge is 0.466 e. The average Bonchev–Trinajstić information content (AvgIpc) is 2.84. The first-order valence-corrected chi connectivity index (χ1v) is 7.39. The van der Waals surface area contributed by atoms with Crippen molar-refractivity contribution >= 4 is 16.8 Å². The van der Waals surface area contributed by atoms with Crippen LogP contribution in [-0.4, -0.2) is 22.8 Å². The molecule has 0 bridgehead atoms. The highest BCUT2D eigenvalue weighted by molar-refractivity contribution is 5.95. The highest BCUT2D eigenvalue weighted by Gasteiger charge is 2.18. The fourth-order valence-corrected chi connectivity index (χ4v) is 2.78. The Morgan fingerprint density at radius 3 is 2.65 bits per heavy atom. The molecule has 0 radical (unpaired) electrons. The van der Waals surface area contributed by atoms with Crippen LogP contribution in [0.2, 0.25) is 0 Å². The molecule has 0 saturated carbocycles. The lowest BCUT2D eigenvalue weighted by atomic mass is 10.1. The molecule has 2 heterocycles. The van der Waals surface area contributed by atoms with E-state index in [0.29, 0.717) is 23.6 Å². The van der Waals surface area contributed by atoms with Crippen LogP contribution >= 0.6 is 0 Å². The van der Waals surface area contributed by atoms with Crippen molar-refractivity contribution in [3.8, 4) is 0 Å². The molecule has 1 N–H and O–H groups in total. The smallest absolute Gasteiger partial charge is 0.257 e. The van der Waals surface area contributed by atoms with Gasteiger partial charge in [0.2, 0.25) is 5.56 Å². The number of furan rings is 1. The van der Waals surface area contributed by atoms with Gasteiger partial charge >= 0.3 is 0 Å². The second kappa shape index (κ2) is 5.76. The SMILES string of the molecule is Cc1cc(C(=O)N(C)Cc2cc(=O)[nH]c3ccccc23)c(C)o1. The quantitative estimate of drug-likeness (QED) is 0.808. The first-order valence-electron chi connectivity index (χ1n) is 7.39. The molecule has 0 atom stereocenters. The summed E-state index contributed by atoms with van der Waals surface area (Å²) in [6.07, 6.45) is 0. The Bertz CT molecular complexity index is 937. The fourth-order valence-electron chi connectivity index (χ4n) is 2.78. The number of benzene rings is 1. The van der Waals surface area contributed by atoms with Crippen molar-refractivity contribution in [1.29, 1.82) is 0 Å². The normalized spacial score (nSPS) is 10.9. The summed E-state index contributed by atoms with van der Waals surface area (Å²) in [6, 6.07) is 10.9. The van der Waals surface area contributed by atoms with E-state index in [1.807, 2.05) is 31.2 Å². The summed E-state index contributed by atoms with van der Waals surface area (Å²) in [4.78, 5) is 28.8.